The van der Waals surface area contributed by atoms with E-state index in [1.807, 2.05) is 11.0 Å². The summed E-state index contributed by atoms with van der Waals surface area (Å²) in [6, 6.07) is 19.7. The lowest BCUT2D eigenvalue weighted by Crippen LogP contribution is -2.35. The molecule has 3 aromatic carbocycles. The van der Waals surface area contributed by atoms with E-state index in [2.05, 4.69) is 10.3 Å². The van der Waals surface area contributed by atoms with Crippen molar-refractivity contribution in [3.05, 3.63) is 106 Å². The van der Waals surface area contributed by atoms with E-state index in [9.17, 15) is 19.5 Å². The van der Waals surface area contributed by atoms with Gasteiger partial charge >= 0.3 is 5.97 Å². The summed E-state index contributed by atoms with van der Waals surface area (Å²) < 4.78 is 35.3. The predicted molar refractivity (Wildman–Crippen MR) is 183 cm³/mol. The Morgan fingerprint density at radius 1 is 1.10 bits per heavy atom. The highest BCUT2D eigenvalue weighted by Gasteiger charge is 2.27. The number of carbonyl (C=O) groups is 2. The number of para-hydroxylation sites is 1. The number of halogens is 1. The van der Waals surface area contributed by atoms with Gasteiger partial charge in [0, 0.05) is 56.1 Å². The maximum Gasteiger partial charge on any atom is 0.320 e. The van der Waals surface area contributed by atoms with Gasteiger partial charge in [-0.25, -0.2) is 9.07 Å². The number of hydrogen-bond acceptors (Lipinski definition) is 10. The molecular weight excluding hydrogens is 647 g/mol. The average Bonchev–Trinajstić information content (AvgIpc) is 3.64. The van der Waals surface area contributed by atoms with Crippen molar-refractivity contribution in [2.45, 2.75) is 25.6 Å². The third-order valence-electron chi connectivity index (χ3n) is 8.47. The van der Waals surface area contributed by atoms with Gasteiger partial charge in [-0.1, -0.05) is 18.2 Å². The Balaban J connectivity index is 1.08. The number of fused-ring (bicyclic) bond motifs is 1. The molecule has 50 heavy (non-hydrogen) atoms. The van der Waals surface area contributed by atoms with Crippen molar-refractivity contribution in [1.82, 2.24) is 19.2 Å². The SMILES string of the molecule is Cc1c(C(=O)Nc2ccc(Oc3ccnc4cc(OCC(O)CN5CCC(OC(=O)CN)C5)ccc34)c(F)c2)c(=O)n(-c2ccccc2)n1C. The summed E-state index contributed by atoms with van der Waals surface area (Å²) in [4.78, 5) is 44.2. The zero-order chi connectivity index (χ0) is 35.4. The van der Waals surface area contributed by atoms with Crippen molar-refractivity contribution >= 4 is 28.5 Å². The molecule has 3 heterocycles. The fourth-order valence-electron chi connectivity index (χ4n) is 5.92. The van der Waals surface area contributed by atoms with Gasteiger partial charge in [-0.2, -0.15) is 0 Å². The number of aliphatic hydroxyl groups is 1. The Hall–Kier alpha value is -5.57. The second-order valence-corrected chi connectivity index (χ2v) is 12.0. The first kappa shape index (κ1) is 34.3. The minimum absolute atomic E-state index is 0.0343. The number of esters is 1. The van der Waals surface area contributed by atoms with Gasteiger partial charge in [0.05, 0.1) is 23.4 Å². The number of carbonyl (C=O) groups excluding carboxylic acids is 2. The van der Waals surface area contributed by atoms with Crippen LogP contribution in [0.3, 0.4) is 0 Å². The highest BCUT2D eigenvalue weighted by atomic mass is 19.1. The average molecular weight is 685 g/mol. The molecule has 14 heteroatoms. The first-order valence-corrected chi connectivity index (χ1v) is 16.1. The summed E-state index contributed by atoms with van der Waals surface area (Å²) in [6.45, 7) is 3.10. The van der Waals surface area contributed by atoms with E-state index in [1.54, 1.807) is 67.2 Å². The van der Waals surface area contributed by atoms with Crippen LogP contribution in [0.4, 0.5) is 10.1 Å². The van der Waals surface area contributed by atoms with Gasteiger partial charge in [0.1, 0.15) is 35.9 Å². The lowest BCUT2D eigenvalue weighted by Gasteiger charge is -2.20. The Bertz CT molecular complexity index is 2080. The predicted octanol–water partition coefficient (Wildman–Crippen LogP) is 3.53. The Morgan fingerprint density at radius 2 is 1.90 bits per heavy atom. The van der Waals surface area contributed by atoms with Crippen LogP contribution in [0.5, 0.6) is 17.2 Å². The molecule has 0 spiro atoms. The molecule has 0 radical (unpaired) electrons. The van der Waals surface area contributed by atoms with Gasteiger partial charge in [-0.05, 0) is 55.8 Å². The first-order valence-electron chi connectivity index (χ1n) is 16.1. The number of nitrogens with zero attached hydrogens (tertiary/aromatic N) is 4. The van der Waals surface area contributed by atoms with Gasteiger partial charge in [0.25, 0.3) is 11.5 Å². The van der Waals surface area contributed by atoms with Gasteiger partial charge < -0.3 is 30.4 Å². The molecule has 0 bridgehead atoms. The van der Waals surface area contributed by atoms with Crippen LogP contribution in [0.25, 0.3) is 16.6 Å². The van der Waals surface area contributed by atoms with Crippen LogP contribution in [0.1, 0.15) is 22.5 Å². The number of amides is 1. The molecule has 4 N–H and O–H groups in total. The summed E-state index contributed by atoms with van der Waals surface area (Å²) in [5, 5.41) is 13.8. The van der Waals surface area contributed by atoms with Gasteiger partial charge in [0.15, 0.2) is 11.6 Å². The quantitative estimate of drug-likeness (QED) is 0.166. The minimum atomic E-state index is -0.780. The number of β-amino-alcohol motifs (C(OH)–C–C–N with tert-alkyl or cyclic N) is 1. The van der Waals surface area contributed by atoms with Gasteiger partial charge in [-0.3, -0.25) is 28.9 Å². The van der Waals surface area contributed by atoms with E-state index in [-0.39, 0.29) is 36.3 Å². The number of hydrogen-bond donors (Lipinski definition) is 3. The number of aromatic nitrogens is 3. The van der Waals surface area contributed by atoms with Crippen LogP contribution < -0.4 is 26.1 Å². The topological polar surface area (TPSA) is 163 Å². The van der Waals surface area contributed by atoms with Gasteiger partial charge in [-0.15, -0.1) is 0 Å². The number of anilines is 1. The molecule has 1 fully saturated rings. The zero-order valence-corrected chi connectivity index (χ0v) is 27.5. The zero-order valence-electron chi connectivity index (χ0n) is 27.5. The van der Waals surface area contributed by atoms with Crippen molar-refractivity contribution in [3.63, 3.8) is 0 Å². The monoisotopic (exact) mass is 684 g/mol. The summed E-state index contributed by atoms with van der Waals surface area (Å²) in [5.41, 5.74) is 6.51. The van der Waals surface area contributed by atoms with Crippen LogP contribution in [0.15, 0.2) is 83.8 Å². The summed E-state index contributed by atoms with van der Waals surface area (Å²) in [6.07, 6.45) is 1.18. The van der Waals surface area contributed by atoms with Crippen LogP contribution in [0, 0.1) is 12.7 Å². The first-order chi connectivity index (χ1) is 24.1. The molecule has 2 atom stereocenters. The summed E-state index contributed by atoms with van der Waals surface area (Å²) in [5.74, 6) is -1.09. The number of likely N-dealkylation sites (tertiary alicyclic amines) is 1. The summed E-state index contributed by atoms with van der Waals surface area (Å²) in [7, 11) is 1.69. The highest BCUT2D eigenvalue weighted by Crippen LogP contribution is 2.33. The molecule has 0 aliphatic carbocycles. The smallest absolute Gasteiger partial charge is 0.320 e. The van der Waals surface area contributed by atoms with Crippen LogP contribution in [-0.2, 0) is 16.6 Å². The number of benzene rings is 3. The standard InChI is InChI=1S/C36H37FN6O7/c1-22-34(36(47)43(41(22)2)24-6-4-3-5-7-24)35(46)40-23-8-11-32(29(37)16-23)50-31-12-14-39-30-17-26(9-10-28(30)31)48-21-25(44)19-42-15-13-27(20-42)49-33(45)18-38/h3-12,14,16-17,25,27,44H,13,15,18-21,38H2,1-2H3,(H,40,46). The van der Waals surface area contributed by atoms with E-state index >= 15 is 4.39 Å². The summed E-state index contributed by atoms with van der Waals surface area (Å²) >= 11 is 0. The van der Waals surface area contributed by atoms with E-state index in [0.29, 0.717) is 59.8 Å². The molecule has 13 nitrogen and oxygen atoms in total. The second kappa shape index (κ2) is 14.9. The van der Waals surface area contributed by atoms with Crippen molar-refractivity contribution in [2.75, 3.05) is 38.1 Å². The minimum Gasteiger partial charge on any atom is -0.491 e. The Morgan fingerprint density at radius 3 is 2.66 bits per heavy atom. The van der Waals surface area contributed by atoms with E-state index < -0.39 is 29.4 Å². The number of nitrogens with one attached hydrogen (secondary N) is 1. The Kier molecular flexibility index (Phi) is 10.2. The molecule has 0 saturated carbocycles. The fraction of sp³-hybridized carbons (Fsp3) is 0.278. The van der Waals surface area contributed by atoms with Crippen LogP contribution >= 0.6 is 0 Å². The Labute approximate surface area is 286 Å². The van der Waals surface area contributed by atoms with E-state index in [0.717, 1.165) is 6.07 Å². The number of nitrogens with two attached hydrogens (primary N) is 1. The number of rotatable bonds is 12. The maximum absolute atomic E-state index is 15.3. The van der Waals surface area contributed by atoms with Crippen molar-refractivity contribution < 1.29 is 33.3 Å². The van der Waals surface area contributed by atoms with Crippen LogP contribution in [0.2, 0.25) is 0 Å². The lowest BCUT2D eigenvalue weighted by atomic mass is 10.2. The number of ether oxygens (including phenoxy) is 3. The van der Waals surface area contributed by atoms with E-state index in [1.165, 1.54) is 23.0 Å². The third kappa shape index (κ3) is 7.52. The van der Waals surface area contributed by atoms with Crippen molar-refractivity contribution in [1.29, 1.82) is 0 Å². The lowest BCUT2D eigenvalue weighted by molar-refractivity contribution is -0.146. The molecule has 2 unspecified atom stereocenters. The van der Waals surface area contributed by atoms with Crippen LogP contribution in [-0.4, -0.2) is 81.2 Å². The molecule has 1 aliphatic rings. The largest absolute Gasteiger partial charge is 0.491 e. The van der Waals surface area contributed by atoms with E-state index in [4.69, 9.17) is 19.9 Å². The molecule has 1 saturated heterocycles. The molecule has 6 rings (SSSR count). The highest BCUT2D eigenvalue weighted by molar-refractivity contribution is 6.05. The molecule has 5 aromatic rings. The second-order valence-electron chi connectivity index (χ2n) is 12.0. The van der Waals surface area contributed by atoms with Crippen molar-refractivity contribution in [2.24, 2.45) is 12.8 Å². The number of aliphatic hydroxyl groups excluding tert-OH is 1. The molecule has 1 amide bonds. The molecule has 2 aromatic heterocycles. The molecular formula is C36H37FN6O7. The normalized spacial score (nSPS) is 15.2. The third-order valence-corrected chi connectivity index (χ3v) is 8.47. The van der Waals surface area contributed by atoms with Gasteiger partial charge in [0.2, 0.25) is 0 Å². The molecule has 260 valence electrons. The molecule has 1 aliphatic heterocycles. The number of pyridine rings is 1. The fourth-order valence-corrected chi connectivity index (χ4v) is 5.92. The maximum atomic E-state index is 15.3. The van der Waals surface area contributed by atoms with Crippen molar-refractivity contribution in [3.8, 4) is 22.9 Å².